The van der Waals surface area contributed by atoms with E-state index in [1.54, 1.807) is 11.9 Å². The zero-order valence-electron chi connectivity index (χ0n) is 7.50. The molecule has 4 heteroatoms. The van der Waals surface area contributed by atoms with Crippen molar-refractivity contribution in [2.75, 3.05) is 30.8 Å². The van der Waals surface area contributed by atoms with Gasteiger partial charge in [-0.15, -0.1) is 0 Å². The highest BCUT2D eigenvalue weighted by Crippen LogP contribution is 2.22. The zero-order valence-corrected chi connectivity index (χ0v) is 7.50. The van der Waals surface area contributed by atoms with Crippen molar-refractivity contribution >= 4 is 11.4 Å². The standard InChI is InChI=1S/C9H13FN2O/c1-12(4-5-13)9-6-7(10)2-3-8(9)11/h2-3,6,13H,4-5,11H2,1H3. The normalized spacial score (nSPS) is 10.1. The molecule has 0 radical (unpaired) electrons. The van der Waals surface area contributed by atoms with Crippen LogP contribution in [0.4, 0.5) is 15.8 Å². The topological polar surface area (TPSA) is 49.5 Å². The van der Waals surface area contributed by atoms with Crippen LogP contribution in [0.15, 0.2) is 18.2 Å². The highest BCUT2D eigenvalue weighted by atomic mass is 19.1. The molecule has 0 saturated heterocycles. The Morgan fingerprint density at radius 2 is 2.23 bits per heavy atom. The Morgan fingerprint density at radius 3 is 2.85 bits per heavy atom. The van der Waals surface area contributed by atoms with Crippen LogP contribution in [-0.2, 0) is 0 Å². The highest BCUT2D eigenvalue weighted by molar-refractivity contribution is 5.67. The van der Waals surface area contributed by atoms with Gasteiger partial charge in [0.2, 0.25) is 0 Å². The first-order valence-corrected chi connectivity index (χ1v) is 4.02. The molecule has 0 amide bonds. The molecule has 1 aromatic carbocycles. The van der Waals surface area contributed by atoms with E-state index in [-0.39, 0.29) is 12.4 Å². The predicted octanol–water partition coefficient (Wildman–Crippen LogP) is 0.836. The molecule has 0 fully saturated rings. The Hall–Kier alpha value is -1.29. The van der Waals surface area contributed by atoms with Crippen molar-refractivity contribution < 1.29 is 9.50 Å². The maximum absolute atomic E-state index is 12.8. The van der Waals surface area contributed by atoms with Crippen molar-refractivity contribution in [2.24, 2.45) is 0 Å². The summed E-state index contributed by atoms with van der Waals surface area (Å²) in [6, 6.07) is 4.18. The van der Waals surface area contributed by atoms with Gasteiger partial charge in [0.1, 0.15) is 5.82 Å². The minimum absolute atomic E-state index is 0.0203. The van der Waals surface area contributed by atoms with Crippen LogP contribution in [0.5, 0.6) is 0 Å². The van der Waals surface area contributed by atoms with Gasteiger partial charge in [0.25, 0.3) is 0 Å². The second-order valence-electron chi connectivity index (χ2n) is 2.85. The van der Waals surface area contributed by atoms with Crippen molar-refractivity contribution in [1.82, 2.24) is 0 Å². The summed E-state index contributed by atoms with van der Waals surface area (Å²) in [5.41, 5.74) is 6.75. The first-order chi connectivity index (χ1) is 6.15. The Morgan fingerprint density at radius 1 is 1.54 bits per heavy atom. The number of rotatable bonds is 3. The number of likely N-dealkylation sites (N-methyl/N-ethyl adjacent to an activating group) is 1. The van der Waals surface area contributed by atoms with Crippen LogP contribution >= 0.6 is 0 Å². The summed E-state index contributed by atoms with van der Waals surface area (Å²) >= 11 is 0. The van der Waals surface area contributed by atoms with Crippen molar-refractivity contribution in [3.8, 4) is 0 Å². The fraction of sp³-hybridized carbons (Fsp3) is 0.333. The molecule has 1 aromatic rings. The van der Waals surface area contributed by atoms with E-state index in [1.165, 1.54) is 18.2 Å². The number of anilines is 2. The fourth-order valence-corrected chi connectivity index (χ4v) is 1.12. The van der Waals surface area contributed by atoms with E-state index in [4.69, 9.17) is 10.8 Å². The molecule has 1 rings (SSSR count). The average molecular weight is 184 g/mol. The molecule has 72 valence electrons. The number of halogens is 1. The Labute approximate surface area is 76.6 Å². The minimum Gasteiger partial charge on any atom is -0.397 e. The van der Waals surface area contributed by atoms with E-state index >= 15 is 0 Å². The van der Waals surface area contributed by atoms with Crippen LogP contribution in [0.3, 0.4) is 0 Å². The molecule has 0 aliphatic rings. The fourth-order valence-electron chi connectivity index (χ4n) is 1.12. The maximum atomic E-state index is 12.8. The predicted molar refractivity (Wildman–Crippen MR) is 51.2 cm³/mol. The van der Waals surface area contributed by atoms with Gasteiger partial charge in [-0.3, -0.25) is 0 Å². The van der Waals surface area contributed by atoms with Crippen LogP contribution in [0.2, 0.25) is 0 Å². The molecule has 3 N–H and O–H groups in total. The smallest absolute Gasteiger partial charge is 0.125 e. The third-order valence-electron chi connectivity index (χ3n) is 1.84. The molecular weight excluding hydrogens is 171 g/mol. The number of hydrogen-bond acceptors (Lipinski definition) is 3. The quantitative estimate of drug-likeness (QED) is 0.684. The van der Waals surface area contributed by atoms with E-state index in [1.807, 2.05) is 0 Å². The van der Waals surface area contributed by atoms with Crippen LogP contribution in [0.1, 0.15) is 0 Å². The molecule has 0 spiro atoms. The number of nitrogen functional groups attached to an aromatic ring is 1. The highest BCUT2D eigenvalue weighted by Gasteiger charge is 2.05. The summed E-state index contributed by atoms with van der Waals surface area (Å²) in [4.78, 5) is 1.71. The third kappa shape index (κ3) is 2.32. The molecule has 0 unspecified atom stereocenters. The van der Waals surface area contributed by atoms with E-state index < -0.39 is 0 Å². The molecule has 0 atom stereocenters. The number of aliphatic hydroxyl groups excluding tert-OH is 1. The number of nitrogens with zero attached hydrogens (tertiary/aromatic N) is 1. The Balaban J connectivity index is 2.91. The van der Waals surface area contributed by atoms with Crippen molar-refractivity contribution in [3.63, 3.8) is 0 Å². The van der Waals surface area contributed by atoms with Crippen LogP contribution in [-0.4, -0.2) is 25.3 Å². The van der Waals surface area contributed by atoms with Crippen molar-refractivity contribution in [2.45, 2.75) is 0 Å². The van der Waals surface area contributed by atoms with Gasteiger partial charge in [-0.25, -0.2) is 4.39 Å². The molecule has 0 aliphatic heterocycles. The number of nitrogens with two attached hydrogens (primary N) is 1. The summed E-state index contributed by atoms with van der Waals surface area (Å²) in [6.07, 6.45) is 0. The molecule has 3 nitrogen and oxygen atoms in total. The van der Waals surface area contributed by atoms with E-state index in [0.717, 1.165) is 0 Å². The molecule has 0 aromatic heterocycles. The summed E-state index contributed by atoms with van der Waals surface area (Å²) in [5.74, 6) is -0.325. The lowest BCUT2D eigenvalue weighted by atomic mass is 10.2. The van der Waals surface area contributed by atoms with Crippen molar-refractivity contribution in [1.29, 1.82) is 0 Å². The molecule has 0 saturated carbocycles. The van der Waals surface area contributed by atoms with E-state index in [9.17, 15) is 4.39 Å². The molecule has 0 heterocycles. The summed E-state index contributed by atoms with van der Waals surface area (Å²) in [7, 11) is 1.75. The first-order valence-electron chi connectivity index (χ1n) is 4.02. The van der Waals surface area contributed by atoms with Crippen LogP contribution in [0, 0.1) is 5.82 Å². The monoisotopic (exact) mass is 184 g/mol. The second kappa shape index (κ2) is 4.09. The lowest BCUT2D eigenvalue weighted by Crippen LogP contribution is -2.22. The van der Waals surface area contributed by atoms with Crippen molar-refractivity contribution in [3.05, 3.63) is 24.0 Å². The minimum atomic E-state index is -0.325. The van der Waals surface area contributed by atoms with Gasteiger partial charge < -0.3 is 15.7 Å². The van der Waals surface area contributed by atoms with Gasteiger partial charge in [-0.1, -0.05) is 0 Å². The van der Waals surface area contributed by atoms with Gasteiger partial charge in [0.05, 0.1) is 18.0 Å². The SMILES string of the molecule is CN(CCO)c1cc(F)ccc1N. The van der Waals surface area contributed by atoms with Crippen LogP contribution < -0.4 is 10.6 Å². The maximum Gasteiger partial charge on any atom is 0.125 e. The largest absolute Gasteiger partial charge is 0.397 e. The zero-order chi connectivity index (χ0) is 9.84. The van der Waals surface area contributed by atoms with Gasteiger partial charge in [0.15, 0.2) is 0 Å². The Bertz CT molecular complexity index is 291. The summed E-state index contributed by atoms with van der Waals surface area (Å²) < 4.78 is 12.8. The third-order valence-corrected chi connectivity index (χ3v) is 1.84. The van der Waals surface area contributed by atoms with Gasteiger partial charge in [0, 0.05) is 13.6 Å². The lowest BCUT2D eigenvalue weighted by Gasteiger charge is -2.19. The first kappa shape index (κ1) is 9.80. The van der Waals surface area contributed by atoms with E-state index in [2.05, 4.69) is 0 Å². The van der Waals surface area contributed by atoms with Gasteiger partial charge in [-0.2, -0.15) is 0 Å². The van der Waals surface area contributed by atoms with E-state index in [0.29, 0.717) is 17.9 Å². The van der Waals surface area contributed by atoms with Gasteiger partial charge in [-0.05, 0) is 18.2 Å². The number of aliphatic hydroxyl groups is 1. The molecular formula is C9H13FN2O. The average Bonchev–Trinajstić information content (AvgIpc) is 2.09. The molecule has 0 aliphatic carbocycles. The van der Waals surface area contributed by atoms with Gasteiger partial charge >= 0.3 is 0 Å². The summed E-state index contributed by atoms with van der Waals surface area (Å²) in [6.45, 7) is 0.458. The van der Waals surface area contributed by atoms with Crippen LogP contribution in [0.25, 0.3) is 0 Å². The number of benzene rings is 1. The summed E-state index contributed by atoms with van der Waals surface area (Å²) in [5, 5.41) is 8.68. The second-order valence-corrected chi connectivity index (χ2v) is 2.85. The lowest BCUT2D eigenvalue weighted by molar-refractivity contribution is 0.304. The Kier molecular flexibility index (Phi) is 3.08. The molecule has 0 bridgehead atoms. The number of hydrogen-bond donors (Lipinski definition) is 2. The molecule has 13 heavy (non-hydrogen) atoms.